The second-order valence-electron chi connectivity index (χ2n) is 8.12. The number of hydrogen-bond acceptors (Lipinski definition) is 6. The van der Waals surface area contributed by atoms with Crippen LogP contribution in [0.2, 0.25) is 0 Å². The molecule has 1 aromatic heterocycles. The topological polar surface area (TPSA) is 58.7 Å². The van der Waals surface area contributed by atoms with Crippen LogP contribution in [0.15, 0.2) is 24.4 Å². The second kappa shape index (κ2) is 7.87. The number of nitrogens with zero attached hydrogens (tertiary/aromatic N) is 2. The maximum absolute atomic E-state index is 13.3. The van der Waals surface area contributed by atoms with E-state index >= 15 is 0 Å². The van der Waals surface area contributed by atoms with E-state index < -0.39 is 11.7 Å². The minimum atomic E-state index is -4.48. The van der Waals surface area contributed by atoms with Gasteiger partial charge in [-0.1, -0.05) is 0 Å². The Morgan fingerprint density at radius 3 is 3.00 bits per heavy atom. The van der Waals surface area contributed by atoms with Gasteiger partial charge in [0.25, 0.3) is 0 Å². The third-order valence-corrected chi connectivity index (χ3v) is 6.22. The van der Waals surface area contributed by atoms with Gasteiger partial charge in [0.15, 0.2) is 0 Å². The molecule has 2 atom stereocenters. The van der Waals surface area contributed by atoms with Crippen LogP contribution < -0.4 is 20.3 Å². The maximum atomic E-state index is 13.3. The summed E-state index contributed by atoms with van der Waals surface area (Å²) < 4.78 is 51.1. The maximum Gasteiger partial charge on any atom is 0.417 e. The number of benzene rings is 1. The van der Waals surface area contributed by atoms with Crippen LogP contribution in [0.3, 0.4) is 0 Å². The molecule has 2 N–H and O–H groups in total. The van der Waals surface area contributed by atoms with Gasteiger partial charge in [-0.3, -0.25) is 0 Å². The highest BCUT2D eigenvalue weighted by atomic mass is 19.4. The SMILES string of the molecule is CCOc1ncc(C(F)(F)F)cc1Nc1cc2c3c(c1)[C@@H]1CNCC[C@@H]1N3CCOC2. The zero-order valence-electron chi connectivity index (χ0n) is 17.3. The van der Waals surface area contributed by atoms with Crippen molar-refractivity contribution in [2.24, 2.45) is 0 Å². The summed E-state index contributed by atoms with van der Waals surface area (Å²) in [6.07, 6.45) is -2.62. The molecule has 1 fully saturated rings. The molecule has 2 aromatic rings. The number of hydrogen-bond donors (Lipinski definition) is 2. The number of rotatable bonds is 4. The van der Waals surface area contributed by atoms with Crippen LogP contribution in [0.1, 0.15) is 36.0 Å². The summed E-state index contributed by atoms with van der Waals surface area (Å²) >= 11 is 0. The molecule has 0 saturated carbocycles. The normalized spacial score (nSPS) is 22.5. The molecule has 3 aliphatic rings. The highest BCUT2D eigenvalue weighted by molar-refractivity contribution is 5.75. The molecule has 166 valence electrons. The standard InChI is InChI=1S/C22H25F3N4O2/c1-2-31-21-18(8-14(10-27-21)22(23,24)25)28-15-7-13-12-30-6-5-29-19-3-4-26-11-17(19)16(9-15)20(13)29/h7-10,17,19,26,28H,2-6,11-12H2,1H3/t17-,19-/m0/s1. The predicted octanol–water partition coefficient (Wildman–Crippen LogP) is 4.04. The number of alkyl halides is 3. The number of pyridine rings is 1. The van der Waals surface area contributed by atoms with Crippen molar-refractivity contribution in [2.45, 2.75) is 38.1 Å². The van der Waals surface area contributed by atoms with Crippen LogP contribution in [0.25, 0.3) is 0 Å². The Labute approximate surface area is 178 Å². The quantitative estimate of drug-likeness (QED) is 0.758. The summed E-state index contributed by atoms with van der Waals surface area (Å²) in [6.45, 7) is 5.97. The minimum absolute atomic E-state index is 0.150. The van der Waals surface area contributed by atoms with Gasteiger partial charge in [0.2, 0.25) is 5.88 Å². The fourth-order valence-electron chi connectivity index (χ4n) is 4.96. The number of aromatic nitrogens is 1. The Morgan fingerprint density at radius 2 is 2.19 bits per heavy atom. The first kappa shape index (κ1) is 20.4. The number of piperidine rings is 1. The van der Waals surface area contributed by atoms with Gasteiger partial charge in [0.1, 0.15) is 5.69 Å². The number of ether oxygens (including phenoxy) is 2. The van der Waals surface area contributed by atoms with Crippen LogP contribution in [0, 0.1) is 0 Å². The number of halogens is 3. The van der Waals surface area contributed by atoms with Gasteiger partial charge in [-0.05, 0) is 43.7 Å². The summed E-state index contributed by atoms with van der Waals surface area (Å²) in [6, 6.07) is 5.51. The molecule has 9 heteroatoms. The molecule has 1 saturated heterocycles. The number of fused-ring (bicyclic) bond motifs is 3. The molecule has 0 radical (unpaired) electrons. The predicted molar refractivity (Wildman–Crippen MR) is 111 cm³/mol. The van der Waals surface area contributed by atoms with Crippen molar-refractivity contribution >= 4 is 17.1 Å². The summed E-state index contributed by atoms with van der Waals surface area (Å²) in [7, 11) is 0. The Balaban J connectivity index is 1.55. The summed E-state index contributed by atoms with van der Waals surface area (Å²) in [5.41, 5.74) is 3.61. The molecule has 5 rings (SSSR count). The van der Waals surface area contributed by atoms with Crippen molar-refractivity contribution in [3.63, 3.8) is 0 Å². The van der Waals surface area contributed by atoms with Crippen molar-refractivity contribution in [2.75, 3.05) is 43.1 Å². The third-order valence-electron chi connectivity index (χ3n) is 6.22. The van der Waals surface area contributed by atoms with Crippen LogP contribution in [0.5, 0.6) is 5.88 Å². The molecule has 3 aliphatic heterocycles. The lowest BCUT2D eigenvalue weighted by Gasteiger charge is -2.33. The van der Waals surface area contributed by atoms with Crippen molar-refractivity contribution < 1.29 is 22.6 Å². The van der Waals surface area contributed by atoms with E-state index in [0.717, 1.165) is 43.9 Å². The molecule has 31 heavy (non-hydrogen) atoms. The molecule has 0 amide bonds. The fourth-order valence-corrected chi connectivity index (χ4v) is 4.96. The minimum Gasteiger partial charge on any atom is -0.476 e. The zero-order valence-corrected chi connectivity index (χ0v) is 17.3. The van der Waals surface area contributed by atoms with E-state index in [4.69, 9.17) is 9.47 Å². The van der Waals surface area contributed by atoms with Crippen LogP contribution >= 0.6 is 0 Å². The largest absolute Gasteiger partial charge is 0.476 e. The first-order valence-corrected chi connectivity index (χ1v) is 10.6. The molecule has 0 spiro atoms. The van der Waals surface area contributed by atoms with Crippen molar-refractivity contribution in [1.29, 1.82) is 0 Å². The monoisotopic (exact) mass is 434 g/mol. The highest BCUT2D eigenvalue weighted by Crippen LogP contribution is 2.48. The molecule has 1 aromatic carbocycles. The smallest absolute Gasteiger partial charge is 0.417 e. The van der Waals surface area contributed by atoms with Gasteiger partial charge in [-0.15, -0.1) is 0 Å². The Bertz CT molecular complexity index is 982. The number of nitrogens with one attached hydrogen (secondary N) is 2. The second-order valence-corrected chi connectivity index (χ2v) is 8.12. The van der Waals surface area contributed by atoms with Crippen molar-refractivity contribution in [1.82, 2.24) is 10.3 Å². The van der Waals surface area contributed by atoms with Crippen molar-refractivity contribution in [3.05, 3.63) is 41.1 Å². The Morgan fingerprint density at radius 1 is 1.32 bits per heavy atom. The molecule has 6 nitrogen and oxygen atoms in total. The molecule has 0 bridgehead atoms. The van der Waals surface area contributed by atoms with Crippen LogP contribution in [-0.2, 0) is 17.5 Å². The van der Waals surface area contributed by atoms with Crippen LogP contribution in [0.4, 0.5) is 30.2 Å². The molecule has 4 heterocycles. The van der Waals surface area contributed by atoms with Crippen LogP contribution in [-0.4, -0.2) is 43.9 Å². The van der Waals surface area contributed by atoms with E-state index in [0.29, 0.717) is 37.5 Å². The first-order chi connectivity index (χ1) is 15.0. The van der Waals surface area contributed by atoms with E-state index in [-0.39, 0.29) is 11.6 Å². The Hall–Kier alpha value is -2.52. The summed E-state index contributed by atoms with van der Waals surface area (Å²) in [4.78, 5) is 6.36. The average Bonchev–Trinajstić information content (AvgIpc) is 2.90. The number of anilines is 3. The van der Waals surface area contributed by atoms with Gasteiger partial charge in [-0.2, -0.15) is 13.2 Å². The summed E-state index contributed by atoms with van der Waals surface area (Å²) in [5, 5.41) is 6.63. The fraction of sp³-hybridized carbons (Fsp3) is 0.500. The van der Waals surface area contributed by atoms with Gasteiger partial charge < -0.3 is 25.0 Å². The van der Waals surface area contributed by atoms with Gasteiger partial charge in [-0.25, -0.2) is 4.98 Å². The molecular weight excluding hydrogens is 409 g/mol. The molecule has 0 aliphatic carbocycles. The third kappa shape index (κ3) is 3.70. The lowest BCUT2D eigenvalue weighted by molar-refractivity contribution is -0.137. The van der Waals surface area contributed by atoms with Gasteiger partial charge in [0.05, 0.1) is 25.4 Å². The first-order valence-electron chi connectivity index (χ1n) is 10.6. The molecule has 0 unspecified atom stereocenters. The average molecular weight is 434 g/mol. The highest BCUT2D eigenvalue weighted by Gasteiger charge is 2.42. The van der Waals surface area contributed by atoms with E-state index in [1.807, 2.05) is 6.07 Å². The van der Waals surface area contributed by atoms with E-state index in [1.165, 1.54) is 11.3 Å². The zero-order chi connectivity index (χ0) is 21.6. The van der Waals surface area contributed by atoms with E-state index in [2.05, 4.69) is 26.6 Å². The lowest BCUT2D eigenvalue weighted by Crippen LogP contribution is -2.44. The summed E-state index contributed by atoms with van der Waals surface area (Å²) in [5.74, 6) is 0.505. The van der Waals surface area contributed by atoms with Gasteiger partial charge in [0, 0.05) is 48.2 Å². The molecular formula is C22H25F3N4O2. The van der Waals surface area contributed by atoms with Crippen molar-refractivity contribution in [3.8, 4) is 5.88 Å². The van der Waals surface area contributed by atoms with E-state index in [1.54, 1.807) is 6.92 Å². The van der Waals surface area contributed by atoms with Gasteiger partial charge >= 0.3 is 6.18 Å². The lowest BCUT2D eigenvalue weighted by atomic mass is 9.89. The Kier molecular flexibility index (Phi) is 5.18. The van der Waals surface area contributed by atoms with E-state index in [9.17, 15) is 13.2 Å².